The summed E-state index contributed by atoms with van der Waals surface area (Å²) in [4.78, 5) is 12.9. The minimum absolute atomic E-state index is 0.565. The Morgan fingerprint density at radius 1 is 1.50 bits per heavy atom. The van der Waals surface area contributed by atoms with Gasteiger partial charge < -0.3 is 4.84 Å². The molecule has 12 heavy (non-hydrogen) atoms. The molecule has 64 valence electrons. The molecule has 0 spiro atoms. The summed E-state index contributed by atoms with van der Waals surface area (Å²) in [6.45, 7) is 4.32. The van der Waals surface area contributed by atoms with Crippen LogP contribution in [0.2, 0.25) is 0 Å². The molecular formula is C8H11N3O. The van der Waals surface area contributed by atoms with Crippen LogP contribution in [0.4, 0.5) is 0 Å². The molecule has 0 saturated heterocycles. The molecule has 0 aliphatic heterocycles. The Bertz CT molecular complexity index is 256. The molecule has 0 atom stereocenters. The number of aromatic nitrogens is 2. The largest absolute Gasteiger partial charge is 0.396 e. The quantitative estimate of drug-likeness (QED) is 0.498. The van der Waals surface area contributed by atoms with Gasteiger partial charge in [0.05, 0.1) is 18.1 Å². The highest BCUT2D eigenvalue weighted by molar-refractivity contribution is 5.75. The fraction of sp³-hybridized carbons (Fsp3) is 0.375. The van der Waals surface area contributed by atoms with E-state index < -0.39 is 0 Å². The zero-order chi connectivity index (χ0) is 8.81. The molecule has 0 aliphatic carbocycles. The van der Waals surface area contributed by atoms with Crippen molar-refractivity contribution in [3.05, 3.63) is 23.8 Å². The van der Waals surface area contributed by atoms with Gasteiger partial charge in [0.25, 0.3) is 0 Å². The van der Waals surface area contributed by atoms with E-state index in [1.165, 1.54) is 6.21 Å². The summed E-state index contributed by atoms with van der Waals surface area (Å²) < 4.78 is 0. The molecule has 0 bridgehead atoms. The van der Waals surface area contributed by atoms with Crippen molar-refractivity contribution in [2.45, 2.75) is 13.8 Å². The maximum absolute atomic E-state index is 4.77. The van der Waals surface area contributed by atoms with Gasteiger partial charge in [0.15, 0.2) is 0 Å². The van der Waals surface area contributed by atoms with Crippen molar-refractivity contribution in [3.63, 3.8) is 0 Å². The fourth-order valence-electron chi connectivity index (χ4n) is 0.635. The highest BCUT2D eigenvalue weighted by Crippen LogP contribution is 1.90. The number of hydrogen-bond acceptors (Lipinski definition) is 4. The average Bonchev–Trinajstić information content (AvgIpc) is 2.09. The van der Waals surface area contributed by atoms with E-state index in [-0.39, 0.29) is 0 Å². The standard InChI is InChI=1S/C8H11N3O/c1-3-12-11-6-8-5-9-7(2)4-10-8/h4-6H,3H2,1-2H3/b11-6+. The first-order valence-electron chi connectivity index (χ1n) is 3.77. The molecule has 0 radical (unpaired) electrons. The molecular weight excluding hydrogens is 154 g/mol. The van der Waals surface area contributed by atoms with Gasteiger partial charge in [0.1, 0.15) is 12.3 Å². The lowest BCUT2D eigenvalue weighted by molar-refractivity contribution is 0.160. The van der Waals surface area contributed by atoms with Crippen molar-refractivity contribution < 1.29 is 4.84 Å². The van der Waals surface area contributed by atoms with Crippen molar-refractivity contribution in [2.75, 3.05) is 6.61 Å². The Hall–Kier alpha value is -1.45. The number of rotatable bonds is 3. The summed E-state index contributed by atoms with van der Waals surface area (Å²) in [7, 11) is 0. The minimum atomic E-state index is 0.565. The normalized spacial score (nSPS) is 10.5. The third-order valence-electron chi connectivity index (χ3n) is 1.19. The SMILES string of the molecule is CCO/N=C/c1cnc(C)cn1. The smallest absolute Gasteiger partial charge is 0.114 e. The highest BCUT2D eigenvalue weighted by Gasteiger charge is 1.88. The Morgan fingerprint density at radius 2 is 2.33 bits per heavy atom. The van der Waals surface area contributed by atoms with Crippen LogP contribution in [0.1, 0.15) is 18.3 Å². The molecule has 0 amide bonds. The van der Waals surface area contributed by atoms with Crippen molar-refractivity contribution in [1.82, 2.24) is 9.97 Å². The Kier molecular flexibility index (Phi) is 3.19. The molecule has 0 aliphatic rings. The Labute approximate surface area is 71.3 Å². The monoisotopic (exact) mass is 165 g/mol. The van der Waals surface area contributed by atoms with E-state index in [9.17, 15) is 0 Å². The summed E-state index contributed by atoms with van der Waals surface area (Å²) in [6.07, 6.45) is 4.88. The van der Waals surface area contributed by atoms with Crippen molar-refractivity contribution in [1.29, 1.82) is 0 Å². The van der Waals surface area contributed by atoms with Crippen LogP contribution in [0.25, 0.3) is 0 Å². The van der Waals surface area contributed by atoms with Gasteiger partial charge in [-0.1, -0.05) is 5.16 Å². The van der Waals surface area contributed by atoms with Crippen LogP contribution < -0.4 is 0 Å². The van der Waals surface area contributed by atoms with Crippen LogP contribution in [0.3, 0.4) is 0 Å². The topological polar surface area (TPSA) is 47.4 Å². The molecule has 1 rings (SSSR count). The van der Waals surface area contributed by atoms with Crippen LogP contribution in [-0.4, -0.2) is 22.8 Å². The number of oxime groups is 1. The molecule has 4 heteroatoms. The number of aryl methyl sites for hydroxylation is 1. The lowest BCUT2D eigenvalue weighted by Gasteiger charge is -1.92. The highest BCUT2D eigenvalue weighted by atomic mass is 16.6. The fourth-order valence-corrected chi connectivity index (χ4v) is 0.635. The van der Waals surface area contributed by atoms with Gasteiger partial charge in [0, 0.05) is 6.20 Å². The maximum Gasteiger partial charge on any atom is 0.114 e. The zero-order valence-electron chi connectivity index (χ0n) is 7.19. The lowest BCUT2D eigenvalue weighted by atomic mass is 10.4. The van der Waals surface area contributed by atoms with Gasteiger partial charge in [-0.3, -0.25) is 9.97 Å². The second-order valence-corrected chi connectivity index (χ2v) is 2.23. The zero-order valence-corrected chi connectivity index (χ0v) is 7.19. The van der Waals surface area contributed by atoms with Crippen LogP contribution in [0.5, 0.6) is 0 Å². The van der Waals surface area contributed by atoms with Crippen LogP contribution in [0, 0.1) is 6.92 Å². The average molecular weight is 165 g/mol. The maximum atomic E-state index is 4.77. The summed E-state index contributed by atoms with van der Waals surface area (Å²) >= 11 is 0. The molecule has 0 N–H and O–H groups in total. The van der Waals surface area contributed by atoms with E-state index >= 15 is 0 Å². The molecule has 0 saturated carbocycles. The van der Waals surface area contributed by atoms with Gasteiger partial charge in [-0.2, -0.15) is 0 Å². The first-order valence-corrected chi connectivity index (χ1v) is 3.77. The number of hydrogen-bond donors (Lipinski definition) is 0. The van der Waals surface area contributed by atoms with E-state index in [0.717, 1.165) is 5.69 Å². The molecule has 1 aromatic rings. The third kappa shape index (κ3) is 2.65. The van der Waals surface area contributed by atoms with Crippen molar-refractivity contribution >= 4 is 6.21 Å². The summed E-state index contributed by atoms with van der Waals surface area (Å²) in [6, 6.07) is 0. The lowest BCUT2D eigenvalue weighted by Crippen LogP contribution is -1.91. The molecule has 4 nitrogen and oxygen atoms in total. The van der Waals surface area contributed by atoms with E-state index in [0.29, 0.717) is 12.3 Å². The predicted octanol–water partition coefficient (Wildman–Crippen LogP) is 1.16. The predicted molar refractivity (Wildman–Crippen MR) is 46.0 cm³/mol. The second kappa shape index (κ2) is 4.43. The van der Waals surface area contributed by atoms with Crippen molar-refractivity contribution in [3.8, 4) is 0 Å². The molecule has 0 aromatic carbocycles. The minimum Gasteiger partial charge on any atom is -0.396 e. The van der Waals surface area contributed by atoms with Gasteiger partial charge in [0.2, 0.25) is 0 Å². The molecule has 0 fully saturated rings. The first-order chi connectivity index (χ1) is 5.83. The first kappa shape index (κ1) is 8.64. The third-order valence-corrected chi connectivity index (χ3v) is 1.19. The van der Waals surface area contributed by atoms with E-state index in [1.807, 2.05) is 13.8 Å². The van der Waals surface area contributed by atoms with Gasteiger partial charge >= 0.3 is 0 Å². The van der Waals surface area contributed by atoms with Crippen LogP contribution in [-0.2, 0) is 4.84 Å². The van der Waals surface area contributed by atoms with Gasteiger partial charge in [-0.25, -0.2) is 0 Å². The Balaban J connectivity index is 2.58. The summed E-state index contributed by atoms with van der Waals surface area (Å²) in [5.74, 6) is 0. The second-order valence-electron chi connectivity index (χ2n) is 2.23. The van der Waals surface area contributed by atoms with Crippen LogP contribution >= 0.6 is 0 Å². The Morgan fingerprint density at radius 3 is 2.92 bits per heavy atom. The van der Waals surface area contributed by atoms with Crippen LogP contribution in [0.15, 0.2) is 17.5 Å². The van der Waals surface area contributed by atoms with Gasteiger partial charge in [-0.05, 0) is 13.8 Å². The van der Waals surface area contributed by atoms with E-state index in [2.05, 4.69) is 15.1 Å². The van der Waals surface area contributed by atoms with E-state index in [4.69, 9.17) is 4.84 Å². The molecule has 1 aromatic heterocycles. The number of nitrogens with zero attached hydrogens (tertiary/aromatic N) is 3. The van der Waals surface area contributed by atoms with Crippen molar-refractivity contribution in [2.24, 2.45) is 5.16 Å². The molecule has 1 heterocycles. The van der Waals surface area contributed by atoms with Gasteiger partial charge in [-0.15, -0.1) is 0 Å². The summed E-state index contributed by atoms with van der Waals surface area (Å²) in [5.41, 5.74) is 1.60. The molecule has 0 unspecified atom stereocenters. The van der Waals surface area contributed by atoms with E-state index in [1.54, 1.807) is 12.4 Å². The summed E-state index contributed by atoms with van der Waals surface area (Å²) in [5, 5.41) is 3.66.